The van der Waals surface area contributed by atoms with Gasteiger partial charge in [-0.1, -0.05) is 6.07 Å². The minimum atomic E-state index is -2.90. The van der Waals surface area contributed by atoms with Crippen LogP contribution in [0.15, 0.2) is 30.5 Å². The second-order valence-electron chi connectivity index (χ2n) is 5.29. The highest BCUT2D eigenvalue weighted by atomic mass is 32.1. The number of ether oxygens (including phenoxy) is 1. The zero-order chi connectivity index (χ0) is 17.7. The molecular weight excluding hydrogens is 334 g/mol. The molecule has 0 aliphatic rings. The van der Waals surface area contributed by atoms with Gasteiger partial charge in [0.15, 0.2) is 5.11 Å². The second kappa shape index (κ2) is 8.05. The van der Waals surface area contributed by atoms with Crippen LogP contribution in [-0.2, 0) is 6.54 Å². The molecule has 0 saturated heterocycles. The van der Waals surface area contributed by atoms with E-state index in [1.54, 1.807) is 12.1 Å². The molecular formula is C16H20F2N4OS. The standard InChI is InChI=1S/C16H20F2N4OS/c1-4-22-8-7-12(21-22)11(3)19-16(24)20-13-9-10(2)5-6-14(13)23-15(17)18/h5-9,11,15H,4H2,1-3H3,(H2,19,20,24). The Balaban J connectivity index is 2.04. The maximum atomic E-state index is 12.5. The van der Waals surface area contributed by atoms with E-state index in [9.17, 15) is 8.78 Å². The van der Waals surface area contributed by atoms with Crippen LogP contribution < -0.4 is 15.4 Å². The lowest BCUT2D eigenvalue weighted by molar-refractivity contribution is -0.0493. The number of nitrogens with one attached hydrogen (secondary N) is 2. The highest BCUT2D eigenvalue weighted by molar-refractivity contribution is 7.80. The predicted molar refractivity (Wildman–Crippen MR) is 93.5 cm³/mol. The molecule has 8 heteroatoms. The zero-order valence-electron chi connectivity index (χ0n) is 13.7. The largest absolute Gasteiger partial charge is 0.433 e. The van der Waals surface area contributed by atoms with E-state index in [1.807, 2.05) is 37.7 Å². The van der Waals surface area contributed by atoms with Crippen molar-refractivity contribution in [2.45, 2.75) is 40.0 Å². The zero-order valence-corrected chi connectivity index (χ0v) is 14.5. The fourth-order valence-corrected chi connectivity index (χ4v) is 2.44. The summed E-state index contributed by atoms with van der Waals surface area (Å²) in [6.07, 6.45) is 1.89. The van der Waals surface area contributed by atoms with Gasteiger partial charge >= 0.3 is 6.61 Å². The van der Waals surface area contributed by atoms with E-state index in [4.69, 9.17) is 12.2 Å². The number of anilines is 1. The molecule has 1 heterocycles. The van der Waals surface area contributed by atoms with Crippen LogP contribution in [0.25, 0.3) is 0 Å². The lowest BCUT2D eigenvalue weighted by atomic mass is 10.2. The summed E-state index contributed by atoms with van der Waals surface area (Å²) in [7, 11) is 0. The fraction of sp³-hybridized carbons (Fsp3) is 0.375. The van der Waals surface area contributed by atoms with Crippen LogP contribution in [0, 0.1) is 6.92 Å². The monoisotopic (exact) mass is 354 g/mol. The summed E-state index contributed by atoms with van der Waals surface area (Å²) in [6, 6.07) is 6.66. The van der Waals surface area contributed by atoms with Crippen molar-refractivity contribution in [3.63, 3.8) is 0 Å². The molecule has 24 heavy (non-hydrogen) atoms. The Morgan fingerprint density at radius 2 is 2.12 bits per heavy atom. The molecule has 2 N–H and O–H groups in total. The van der Waals surface area contributed by atoms with Crippen molar-refractivity contribution in [3.8, 4) is 5.75 Å². The van der Waals surface area contributed by atoms with E-state index in [1.165, 1.54) is 6.07 Å². The first-order valence-corrected chi connectivity index (χ1v) is 7.96. The van der Waals surface area contributed by atoms with Gasteiger partial charge in [0.2, 0.25) is 0 Å². The lowest BCUT2D eigenvalue weighted by Crippen LogP contribution is -2.31. The average molecular weight is 354 g/mol. The molecule has 0 amide bonds. The Labute approximate surface area is 145 Å². The molecule has 0 aliphatic heterocycles. The summed E-state index contributed by atoms with van der Waals surface area (Å²) in [4.78, 5) is 0. The third-order valence-corrected chi connectivity index (χ3v) is 3.60. The Hall–Kier alpha value is -2.22. The quantitative estimate of drug-likeness (QED) is 0.772. The summed E-state index contributed by atoms with van der Waals surface area (Å²) in [6.45, 7) is 3.67. The summed E-state index contributed by atoms with van der Waals surface area (Å²) >= 11 is 5.26. The summed E-state index contributed by atoms with van der Waals surface area (Å²) < 4.78 is 31.3. The Morgan fingerprint density at radius 1 is 1.38 bits per heavy atom. The van der Waals surface area contributed by atoms with Crippen LogP contribution in [0.3, 0.4) is 0 Å². The molecule has 1 aromatic heterocycles. The van der Waals surface area contributed by atoms with Gasteiger partial charge in [-0.2, -0.15) is 13.9 Å². The van der Waals surface area contributed by atoms with E-state index in [2.05, 4.69) is 20.5 Å². The van der Waals surface area contributed by atoms with Gasteiger partial charge < -0.3 is 15.4 Å². The van der Waals surface area contributed by atoms with Gasteiger partial charge in [-0.15, -0.1) is 0 Å². The van der Waals surface area contributed by atoms with E-state index in [-0.39, 0.29) is 11.8 Å². The van der Waals surface area contributed by atoms with Crippen molar-refractivity contribution >= 4 is 23.0 Å². The second-order valence-corrected chi connectivity index (χ2v) is 5.70. The van der Waals surface area contributed by atoms with E-state index in [0.29, 0.717) is 10.8 Å². The van der Waals surface area contributed by atoms with Gasteiger partial charge in [-0.05, 0) is 56.8 Å². The number of hydrogen-bond donors (Lipinski definition) is 2. The van der Waals surface area contributed by atoms with E-state index >= 15 is 0 Å². The fourth-order valence-electron chi connectivity index (χ4n) is 2.15. The Bertz CT molecular complexity index is 705. The topological polar surface area (TPSA) is 51.1 Å². The summed E-state index contributed by atoms with van der Waals surface area (Å²) in [5.41, 5.74) is 2.13. The highest BCUT2D eigenvalue weighted by Crippen LogP contribution is 2.27. The van der Waals surface area contributed by atoms with Crippen LogP contribution in [0.4, 0.5) is 14.5 Å². The number of benzene rings is 1. The van der Waals surface area contributed by atoms with Crippen molar-refractivity contribution in [2.75, 3.05) is 5.32 Å². The van der Waals surface area contributed by atoms with E-state index < -0.39 is 6.61 Å². The molecule has 1 atom stereocenters. The molecule has 2 aromatic rings. The minimum Gasteiger partial charge on any atom is -0.433 e. The molecule has 1 unspecified atom stereocenters. The molecule has 0 fully saturated rings. The first kappa shape index (κ1) is 18.1. The molecule has 1 aromatic carbocycles. The third kappa shape index (κ3) is 4.89. The van der Waals surface area contributed by atoms with Gasteiger partial charge in [-0.3, -0.25) is 4.68 Å². The first-order chi connectivity index (χ1) is 11.4. The van der Waals surface area contributed by atoms with Crippen LogP contribution in [0.5, 0.6) is 5.75 Å². The molecule has 2 rings (SSSR count). The molecule has 0 aliphatic carbocycles. The molecule has 5 nitrogen and oxygen atoms in total. The van der Waals surface area contributed by atoms with Gasteiger partial charge in [0.05, 0.1) is 17.4 Å². The number of aryl methyl sites for hydroxylation is 2. The van der Waals surface area contributed by atoms with Gasteiger partial charge in [0, 0.05) is 12.7 Å². The third-order valence-electron chi connectivity index (χ3n) is 3.38. The van der Waals surface area contributed by atoms with Crippen LogP contribution in [0.1, 0.15) is 31.1 Å². The van der Waals surface area contributed by atoms with Crippen molar-refractivity contribution in [3.05, 3.63) is 41.7 Å². The van der Waals surface area contributed by atoms with Gasteiger partial charge in [-0.25, -0.2) is 0 Å². The first-order valence-electron chi connectivity index (χ1n) is 7.55. The Morgan fingerprint density at radius 3 is 2.75 bits per heavy atom. The predicted octanol–water partition coefficient (Wildman–Crippen LogP) is 3.86. The molecule has 0 saturated carbocycles. The molecule has 0 radical (unpaired) electrons. The number of hydrogen-bond acceptors (Lipinski definition) is 3. The number of alkyl halides is 2. The summed E-state index contributed by atoms with van der Waals surface area (Å²) in [5, 5.41) is 10.7. The van der Waals surface area contributed by atoms with Crippen molar-refractivity contribution < 1.29 is 13.5 Å². The molecule has 130 valence electrons. The highest BCUT2D eigenvalue weighted by Gasteiger charge is 2.14. The maximum Gasteiger partial charge on any atom is 0.387 e. The number of thiocarbonyl (C=S) groups is 1. The number of nitrogens with zero attached hydrogens (tertiary/aromatic N) is 2. The van der Waals surface area contributed by atoms with Crippen molar-refractivity contribution in [2.24, 2.45) is 0 Å². The van der Waals surface area contributed by atoms with Crippen LogP contribution in [0.2, 0.25) is 0 Å². The smallest absolute Gasteiger partial charge is 0.387 e. The van der Waals surface area contributed by atoms with Gasteiger partial charge in [0.1, 0.15) is 5.75 Å². The number of halogens is 2. The van der Waals surface area contributed by atoms with Crippen molar-refractivity contribution in [1.82, 2.24) is 15.1 Å². The Kier molecular flexibility index (Phi) is 6.08. The van der Waals surface area contributed by atoms with E-state index in [0.717, 1.165) is 17.8 Å². The number of aromatic nitrogens is 2. The summed E-state index contributed by atoms with van der Waals surface area (Å²) in [5.74, 6) is 0.0441. The lowest BCUT2D eigenvalue weighted by Gasteiger charge is -2.18. The SMILES string of the molecule is CCn1ccc(C(C)NC(=S)Nc2cc(C)ccc2OC(F)F)n1. The number of rotatable bonds is 6. The molecule has 0 spiro atoms. The van der Waals surface area contributed by atoms with Gasteiger partial charge in [0.25, 0.3) is 0 Å². The van der Waals surface area contributed by atoms with Crippen LogP contribution in [-0.4, -0.2) is 21.5 Å². The maximum absolute atomic E-state index is 12.5. The normalized spacial score (nSPS) is 12.1. The molecule has 0 bridgehead atoms. The van der Waals surface area contributed by atoms with Crippen LogP contribution >= 0.6 is 12.2 Å². The average Bonchev–Trinajstić information content (AvgIpc) is 2.98. The minimum absolute atomic E-state index is 0.0441. The van der Waals surface area contributed by atoms with Crippen molar-refractivity contribution in [1.29, 1.82) is 0 Å².